The van der Waals surface area contributed by atoms with E-state index in [0.29, 0.717) is 29.2 Å². The van der Waals surface area contributed by atoms with Gasteiger partial charge in [-0.25, -0.2) is 0 Å². The summed E-state index contributed by atoms with van der Waals surface area (Å²) in [4.78, 5) is 0.351. The van der Waals surface area contributed by atoms with Crippen molar-refractivity contribution in [1.82, 2.24) is 0 Å². The van der Waals surface area contributed by atoms with Gasteiger partial charge in [0.15, 0.2) is 0 Å². The first-order valence-corrected chi connectivity index (χ1v) is 15.7. The molecule has 0 N–H and O–H groups in total. The van der Waals surface area contributed by atoms with Crippen LogP contribution in [0.15, 0.2) is 0 Å². The minimum Gasteiger partial charge on any atom is -0.374 e. The number of hydrogen-bond acceptors (Lipinski definition) is 2. The van der Waals surface area contributed by atoms with Crippen LogP contribution in [0.2, 0.25) is 0 Å². The maximum atomic E-state index is 6.97. The predicted octanol–water partition coefficient (Wildman–Crippen LogP) is 9.66. The van der Waals surface area contributed by atoms with Crippen LogP contribution in [-0.4, -0.2) is 29.2 Å². The molecule has 0 amide bonds. The summed E-state index contributed by atoms with van der Waals surface area (Å²) in [5.41, 5.74) is 0. The molecule has 3 rings (SSSR count). The fourth-order valence-electron chi connectivity index (χ4n) is 6.20. The van der Waals surface area contributed by atoms with Gasteiger partial charge in [-0.2, -0.15) is 0 Å². The van der Waals surface area contributed by atoms with Gasteiger partial charge in [0.2, 0.25) is 0 Å². The molecule has 0 aromatic rings. The SMILES string of the molecule is BrC1C(OC2CCCCCCCCC2)CCCCCCCC1OC1CCCCCCCC1. The molecule has 0 saturated heterocycles. The van der Waals surface area contributed by atoms with Gasteiger partial charge in [0.05, 0.1) is 29.2 Å². The first kappa shape index (κ1) is 27.0. The number of halogens is 1. The average Bonchev–Trinajstić information content (AvgIpc) is 2.94. The Balaban J connectivity index is 1.61. The Morgan fingerprint density at radius 1 is 0.344 bits per heavy atom. The maximum Gasteiger partial charge on any atom is 0.0729 e. The van der Waals surface area contributed by atoms with E-state index in [2.05, 4.69) is 15.9 Å². The molecule has 3 fully saturated rings. The zero-order valence-corrected chi connectivity index (χ0v) is 22.6. The highest BCUT2D eigenvalue weighted by Crippen LogP contribution is 2.32. The van der Waals surface area contributed by atoms with Crippen LogP contribution in [0, 0.1) is 0 Å². The molecule has 3 saturated carbocycles. The van der Waals surface area contributed by atoms with Gasteiger partial charge in [-0.3, -0.25) is 0 Å². The smallest absolute Gasteiger partial charge is 0.0729 e. The summed E-state index contributed by atoms with van der Waals surface area (Å²) in [6, 6.07) is 0. The fourth-order valence-corrected chi connectivity index (χ4v) is 6.98. The van der Waals surface area contributed by atoms with Crippen molar-refractivity contribution in [1.29, 1.82) is 0 Å². The quantitative estimate of drug-likeness (QED) is 0.348. The van der Waals surface area contributed by atoms with E-state index in [9.17, 15) is 0 Å². The number of rotatable bonds is 4. The largest absolute Gasteiger partial charge is 0.374 e. The van der Waals surface area contributed by atoms with E-state index >= 15 is 0 Å². The third kappa shape index (κ3) is 10.8. The average molecular weight is 514 g/mol. The predicted molar refractivity (Wildman–Crippen MR) is 141 cm³/mol. The molecule has 3 unspecified atom stereocenters. The van der Waals surface area contributed by atoms with Gasteiger partial charge in [0, 0.05) is 0 Å². The number of hydrogen-bond donors (Lipinski definition) is 0. The summed E-state index contributed by atoms with van der Waals surface area (Å²) in [5, 5.41) is 0. The summed E-state index contributed by atoms with van der Waals surface area (Å²) in [7, 11) is 0. The van der Waals surface area contributed by atoms with Crippen molar-refractivity contribution in [3.8, 4) is 0 Å². The van der Waals surface area contributed by atoms with Crippen molar-refractivity contribution in [2.75, 3.05) is 0 Å². The van der Waals surface area contributed by atoms with Gasteiger partial charge in [0.25, 0.3) is 0 Å². The lowest BCUT2D eigenvalue weighted by Gasteiger charge is -2.35. The van der Waals surface area contributed by atoms with Crippen LogP contribution in [0.5, 0.6) is 0 Å². The molecule has 3 aliphatic rings. The van der Waals surface area contributed by atoms with Crippen LogP contribution in [0.1, 0.15) is 154 Å². The molecule has 3 aliphatic carbocycles. The number of alkyl halides is 1. The molecule has 0 spiro atoms. The van der Waals surface area contributed by atoms with Crippen molar-refractivity contribution in [3.05, 3.63) is 0 Å². The van der Waals surface area contributed by atoms with E-state index in [4.69, 9.17) is 9.47 Å². The molecular formula is C29H53BrO2. The minimum absolute atomic E-state index is 0.322. The van der Waals surface area contributed by atoms with Gasteiger partial charge >= 0.3 is 0 Å². The lowest BCUT2D eigenvalue weighted by atomic mass is 9.95. The molecule has 2 nitrogen and oxygen atoms in total. The minimum atomic E-state index is 0.322. The molecule has 188 valence electrons. The summed E-state index contributed by atoms with van der Waals surface area (Å²) in [6.45, 7) is 0. The summed E-state index contributed by atoms with van der Waals surface area (Å²) < 4.78 is 13.9. The van der Waals surface area contributed by atoms with E-state index in [1.165, 1.54) is 154 Å². The van der Waals surface area contributed by atoms with Crippen molar-refractivity contribution >= 4 is 15.9 Å². The first-order chi connectivity index (χ1) is 15.8. The molecule has 0 aliphatic heterocycles. The molecule has 3 atom stereocenters. The Hall–Kier alpha value is 0.400. The van der Waals surface area contributed by atoms with Crippen LogP contribution in [0.4, 0.5) is 0 Å². The van der Waals surface area contributed by atoms with E-state index in [1.54, 1.807) is 0 Å². The summed E-state index contributed by atoms with van der Waals surface area (Å²) in [5.74, 6) is 0. The fraction of sp³-hybridized carbons (Fsp3) is 1.00. The second-order valence-electron chi connectivity index (χ2n) is 11.1. The summed E-state index contributed by atoms with van der Waals surface area (Å²) >= 11 is 4.18. The highest BCUT2D eigenvalue weighted by molar-refractivity contribution is 9.09. The van der Waals surface area contributed by atoms with Crippen LogP contribution in [-0.2, 0) is 9.47 Å². The Kier molecular flexibility index (Phi) is 14.3. The van der Waals surface area contributed by atoms with Gasteiger partial charge in [0.1, 0.15) is 0 Å². The maximum absolute atomic E-state index is 6.97. The van der Waals surface area contributed by atoms with Crippen LogP contribution >= 0.6 is 15.9 Å². The zero-order chi connectivity index (χ0) is 22.3. The Labute approximate surface area is 208 Å². The lowest BCUT2D eigenvalue weighted by Crippen LogP contribution is -2.40. The standard InChI is InChI=1S/C29H53BrO2/c30-29-27(31-25-19-13-7-2-1-3-8-14-20-25)23-17-11-6-12-18-24-28(29)32-26-21-15-9-4-5-10-16-22-26/h25-29H,1-24H2. The lowest BCUT2D eigenvalue weighted by molar-refractivity contribution is -0.0786. The highest BCUT2D eigenvalue weighted by atomic mass is 79.9. The van der Waals surface area contributed by atoms with E-state index in [1.807, 2.05) is 0 Å². The van der Waals surface area contributed by atoms with Gasteiger partial charge in [-0.15, -0.1) is 0 Å². The van der Waals surface area contributed by atoms with Gasteiger partial charge < -0.3 is 9.47 Å². The summed E-state index contributed by atoms with van der Waals surface area (Å²) in [6.07, 6.45) is 34.0. The molecule has 3 heteroatoms. The molecule has 32 heavy (non-hydrogen) atoms. The Morgan fingerprint density at radius 3 is 0.906 bits per heavy atom. The van der Waals surface area contributed by atoms with Gasteiger partial charge in [-0.1, -0.05) is 132 Å². The third-order valence-corrected chi connectivity index (χ3v) is 9.46. The molecule has 0 aromatic heterocycles. The number of ether oxygens (including phenoxy) is 2. The van der Waals surface area contributed by atoms with Crippen LogP contribution in [0.25, 0.3) is 0 Å². The zero-order valence-electron chi connectivity index (χ0n) is 21.1. The molecule has 0 aromatic carbocycles. The molecule has 0 heterocycles. The second kappa shape index (κ2) is 16.9. The van der Waals surface area contributed by atoms with Crippen molar-refractivity contribution in [3.63, 3.8) is 0 Å². The van der Waals surface area contributed by atoms with E-state index < -0.39 is 0 Å². The monoisotopic (exact) mass is 512 g/mol. The van der Waals surface area contributed by atoms with Crippen molar-refractivity contribution in [2.45, 2.75) is 183 Å². The highest BCUT2D eigenvalue weighted by Gasteiger charge is 2.32. The van der Waals surface area contributed by atoms with E-state index in [0.717, 1.165) is 0 Å². The molecule has 0 radical (unpaired) electrons. The van der Waals surface area contributed by atoms with Gasteiger partial charge in [-0.05, 0) is 38.5 Å². The molecular weight excluding hydrogens is 460 g/mol. The molecule has 0 bridgehead atoms. The van der Waals surface area contributed by atoms with Crippen LogP contribution in [0.3, 0.4) is 0 Å². The Morgan fingerprint density at radius 2 is 0.594 bits per heavy atom. The van der Waals surface area contributed by atoms with E-state index in [-0.39, 0.29) is 0 Å². The van der Waals surface area contributed by atoms with Crippen molar-refractivity contribution < 1.29 is 9.47 Å². The second-order valence-corrected chi connectivity index (χ2v) is 12.2. The third-order valence-electron chi connectivity index (χ3n) is 8.28. The van der Waals surface area contributed by atoms with Crippen molar-refractivity contribution in [2.24, 2.45) is 0 Å². The Bertz CT molecular complexity index is 436. The topological polar surface area (TPSA) is 18.5 Å². The first-order valence-electron chi connectivity index (χ1n) is 14.8. The van der Waals surface area contributed by atoms with Crippen LogP contribution < -0.4 is 0 Å². The normalized spacial score (nSPS) is 32.3.